The Labute approximate surface area is 86.3 Å². The van der Waals surface area contributed by atoms with Crippen molar-refractivity contribution < 1.29 is 4.74 Å². The van der Waals surface area contributed by atoms with Crippen molar-refractivity contribution in [3.63, 3.8) is 0 Å². The number of aryl methyl sites for hydroxylation is 1. The van der Waals surface area contributed by atoms with Crippen LogP contribution in [0.1, 0.15) is 16.7 Å². The second kappa shape index (κ2) is 4.29. The Morgan fingerprint density at radius 1 is 1.54 bits per heavy atom. The first kappa shape index (κ1) is 10.1. The van der Waals surface area contributed by atoms with Gasteiger partial charge in [-0.05, 0) is 24.1 Å². The second-order valence-electron chi connectivity index (χ2n) is 2.74. The second-order valence-corrected chi connectivity index (χ2v) is 3.30. The van der Waals surface area contributed by atoms with Gasteiger partial charge in [0.15, 0.2) is 0 Å². The summed E-state index contributed by atoms with van der Waals surface area (Å²) in [6.07, 6.45) is 0. The molecule has 0 saturated carbocycles. The number of rotatable bonds is 2. The van der Waals surface area contributed by atoms with Crippen LogP contribution in [0.5, 0.6) is 5.75 Å². The molecule has 1 aromatic carbocycles. The number of ether oxygens (including phenoxy) is 1. The number of methoxy groups -OCH3 is 1. The number of nitriles is 1. The van der Waals surface area contributed by atoms with Gasteiger partial charge in [0.1, 0.15) is 11.8 Å². The maximum absolute atomic E-state index is 8.85. The van der Waals surface area contributed by atoms with E-state index in [9.17, 15) is 0 Å². The highest BCUT2D eigenvalue weighted by atomic mass is 79.9. The number of halogens is 1. The van der Waals surface area contributed by atoms with E-state index >= 15 is 0 Å². The molecule has 0 heterocycles. The molecule has 0 N–H and O–H groups in total. The fourth-order valence-corrected chi connectivity index (χ4v) is 1.53. The number of nitrogens with zero attached hydrogens (tertiary/aromatic N) is 1. The highest BCUT2D eigenvalue weighted by Gasteiger charge is 2.07. The molecule has 0 fully saturated rings. The van der Waals surface area contributed by atoms with Gasteiger partial charge in [-0.15, -0.1) is 0 Å². The zero-order chi connectivity index (χ0) is 9.84. The van der Waals surface area contributed by atoms with E-state index in [1.165, 1.54) is 0 Å². The smallest absolute Gasteiger partial charge is 0.137 e. The Morgan fingerprint density at radius 2 is 2.23 bits per heavy atom. The first-order valence-electron chi connectivity index (χ1n) is 3.86. The fraction of sp³-hybridized carbons (Fsp3) is 0.300. The number of hydrogen-bond donors (Lipinski definition) is 0. The third-order valence-corrected chi connectivity index (χ3v) is 2.49. The monoisotopic (exact) mass is 239 g/mol. The summed E-state index contributed by atoms with van der Waals surface area (Å²) < 4.78 is 5.12. The number of benzene rings is 1. The van der Waals surface area contributed by atoms with Crippen LogP contribution in [0, 0.1) is 18.3 Å². The lowest BCUT2D eigenvalue weighted by Gasteiger charge is -2.07. The van der Waals surface area contributed by atoms with E-state index in [1.807, 2.05) is 19.1 Å². The van der Waals surface area contributed by atoms with Gasteiger partial charge in [-0.2, -0.15) is 5.26 Å². The first-order valence-corrected chi connectivity index (χ1v) is 4.98. The Hall–Kier alpha value is -1.01. The van der Waals surface area contributed by atoms with Crippen molar-refractivity contribution >= 4 is 15.9 Å². The highest BCUT2D eigenvalue weighted by molar-refractivity contribution is 9.08. The standard InChI is InChI=1S/C10H10BrNO/c1-7-3-8(5-11)4-10(13-2)9(7)6-12/h3-4H,5H2,1-2H3. The first-order chi connectivity index (χ1) is 6.22. The molecule has 0 aliphatic carbocycles. The van der Waals surface area contributed by atoms with E-state index in [0.717, 1.165) is 16.5 Å². The molecule has 0 bridgehead atoms. The van der Waals surface area contributed by atoms with Crippen molar-refractivity contribution in [2.75, 3.05) is 7.11 Å². The van der Waals surface area contributed by atoms with Crippen LogP contribution in [0.2, 0.25) is 0 Å². The van der Waals surface area contributed by atoms with Gasteiger partial charge >= 0.3 is 0 Å². The Morgan fingerprint density at radius 3 is 2.69 bits per heavy atom. The largest absolute Gasteiger partial charge is 0.495 e. The van der Waals surface area contributed by atoms with Crippen LogP contribution in [0.25, 0.3) is 0 Å². The maximum atomic E-state index is 8.85. The molecule has 0 atom stereocenters. The minimum absolute atomic E-state index is 0.618. The molecule has 0 saturated heterocycles. The molecule has 0 aromatic heterocycles. The Balaban J connectivity index is 3.31. The van der Waals surface area contributed by atoms with E-state index in [1.54, 1.807) is 7.11 Å². The zero-order valence-electron chi connectivity index (χ0n) is 7.60. The van der Waals surface area contributed by atoms with Crippen LogP contribution in [0.4, 0.5) is 0 Å². The van der Waals surface area contributed by atoms with Gasteiger partial charge in [0.05, 0.1) is 12.7 Å². The summed E-state index contributed by atoms with van der Waals surface area (Å²) in [6.45, 7) is 1.91. The lowest BCUT2D eigenvalue weighted by molar-refractivity contribution is 0.413. The van der Waals surface area contributed by atoms with Crippen molar-refractivity contribution in [3.05, 3.63) is 28.8 Å². The SMILES string of the molecule is COc1cc(CBr)cc(C)c1C#N. The van der Waals surface area contributed by atoms with Crippen LogP contribution in [-0.2, 0) is 5.33 Å². The van der Waals surface area contributed by atoms with Gasteiger partial charge in [-0.1, -0.05) is 22.0 Å². The third kappa shape index (κ3) is 2.02. The molecule has 0 radical (unpaired) electrons. The van der Waals surface area contributed by atoms with Gasteiger partial charge < -0.3 is 4.74 Å². The summed E-state index contributed by atoms with van der Waals surface area (Å²) in [5.41, 5.74) is 2.69. The third-order valence-electron chi connectivity index (χ3n) is 1.85. The molecule has 1 rings (SSSR count). The normalized spacial score (nSPS) is 9.38. The summed E-state index contributed by atoms with van der Waals surface area (Å²) in [7, 11) is 1.58. The minimum atomic E-state index is 0.618. The van der Waals surface area contributed by atoms with Gasteiger partial charge in [-0.25, -0.2) is 0 Å². The van der Waals surface area contributed by atoms with Gasteiger partial charge in [0, 0.05) is 5.33 Å². The van der Waals surface area contributed by atoms with Crippen molar-refractivity contribution in [3.8, 4) is 11.8 Å². The molecule has 0 amide bonds. The van der Waals surface area contributed by atoms with E-state index in [0.29, 0.717) is 11.3 Å². The van der Waals surface area contributed by atoms with Crippen LogP contribution >= 0.6 is 15.9 Å². The quantitative estimate of drug-likeness (QED) is 0.744. The van der Waals surface area contributed by atoms with E-state index < -0.39 is 0 Å². The number of alkyl halides is 1. The molecule has 68 valence electrons. The van der Waals surface area contributed by atoms with Crippen LogP contribution in [-0.4, -0.2) is 7.11 Å². The van der Waals surface area contributed by atoms with Gasteiger partial charge in [0.25, 0.3) is 0 Å². The summed E-state index contributed by atoms with van der Waals surface area (Å²) in [6, 6.07) is 5.98. The fourth-order valence-electron chi connectivity index (χ4n) is 1.21. The zero-order valence-corrected chi connectivity index (χ0v) is 9.18. The summed E-state index contributed by atoms with van der Waals surface area (Å²) in [4.78, 5) is 0. The molecular weight excluding hydrogens is 230 g/mol. The minimum Gasteiger partial charge on any atom is -0.495 e. The van der Waals surface area contributed by atoms with Gasteiger partial charge in [-0.3, -0.25) is 0 Å². The average Bonchev–Trinajstić information content (AvgIpc) is 2.16. The maximum Gasteiger partial charge on any atom is 0.137 e. The molecule has 0 spiro atoms. The topological polar surface area (TPSA) is 33.0 Å². The average molecular weight is 240 g/mol. The Kier molecular flexibility index (Phi) is 3.32. The molecule has 0 aliphatic heterocycles. The van der Waals surface area contributed by atoms with Crippen LogP contribution < -0.4 is 4.74 Å². The molecule has 0 aliphatic rings. The highest BCUT2D eigenvalue weighted by Crippen LogP contribution is 2.24. The number of hydrogen-bond acceptors (Lipinski definition) is 2. The molecule has 1 aromatic rings. The van der Waals surface area contributed by atoms with Crippen molar-refractivity contribution in [1.29, 1.82) is 5.26 Å². The lowest BCUT2D eigenvalue weighted by atomic mass is 10.1. The molecule has 0 unspecified atom stereocenters. The van der Waals surface area contributed by atoms with Gasteiger partial charge in [0.2, 0.25) is 0 Å². The molecular formula is C10H10BrNO. The summed E-state index contributed by atoms with van der Waals surface area (Å²) in [5, 5.41) is 9.63. The molecule has 3 heteroatoms. The Bertz CT molecular complexity index is 355. The van der Waals surface area contributed by atoms with Crippen molar-refractivity contribution in [1.82, 2.24) is 0 Å². The van der Waals surface area contributed by atoms with E-state index in [2.05, 4.69) is 22.0 Å². The predicted molar refractivity (Wildman–Crippen MR) is 55.1 cm³/mol. The van der Waals surface area contributed by atoms with E-state index in [4.69, 9.17) is 10.00 Å². The lowest BCUT2D eigenvalue weighted by Crippen LogP contribution is -1.93. The summed E-state index contributed by atoms with van der Waals surface area (Å²) in [5.74, 6) is 0.650. The van der Waals surface area contributed by atoms with Crippen molar-refractivity contribution in [2.45, 2.75) is 12.3 Å². The summed E-state index contributed by atoms with van der Waals surface area (Å²) >= 11 is 3.36. The van der Waals surface area contributed by atoms with Crippen LogP contribution in [0.3, 0.4) is 0 Å². The molecule has 2 nitrogen and oxygen atoms in total. The van der Waals surface area contributed by atoms with Crippen molar-refractivity contribution in [2.24, 2.45) is 0 Å². The van der Waals surface area contributed by atoms with E-state index in [-0.39, 0.29) is 0 Å². The molecule has 13 heavy (non-hydrogen) atoms. The van der Waals surface area contributed by atoms with Crippen LogP contribution in [0.15, 0.2) is 12.1 Å². The predicted octanol–water partition coefficient (Wildman–Crippen LogP) is 2.77.